The molecule has 0 spiro atoms. The van der Waals surface area contributed by atoms with Crippen molar-refractivity contribution < 1.29 is 63.2 Å². The van der Waals surface area contributed by atoms with Gasteiger partial charge in [0.05, 0.1) is 47.6 Å². The first-order valence-corrected chi connectivity index (χ1v) is 24.5. The van der Waals surface area contributed by atoms with Gasteiger partial charge in [-0.05, 0) is 105 Å². The molecule has 0 amide bonds. The number of benzene rings is 1. The van der Waals surface area contributed by atoms with Crippen LogP contribution in [0, 0.1) is 42.4 Å². The van der Waals surface area contributed by atoms with Crippen molar-refractivity contribution in [2.24, 2.45) is 23.7 Å². The Morgan fingerprint density at radius 3 is 2.13 bits per heavy atom. The zero-order valence-corrected chi connectivity index (χ0v) is 43.2. The lowest BCUT2D eigenvalue weighted by molar-refractivity contribution is -0.319. The maximum atomic E-state index is 14.4. The van der Waals surface area contributed by atoms with Crippen LogP contribution in [0.25, 0.3) is 5.69 Å². The third-order valence-electron chi connectivity index (χ3n) is 15.2. The number of hydrogen-bond donors (Lipinski definition) is 4. The van der Waals surface area contributed by atoms with Crippen molar-refractivity contribution in [2.75, 3.05) is 27.8 Å². The van der Waals surface area contributed by atoms with E-state index in [0.29, 0.717) is 19.4 Å². The zero-order chi connectivity index (χ0) is 51.3. The summed E-state index contributed by atoms with van der Waals surface area (Å²) in [7, 11) is 4.92. The van der Waals surface area contributed by atoms with E-state index in [-0.39, 0.29) is 36.7 Å². The van der Waals surface area contributed by atoms with Crippen LogP contribution in [0.2, 0.25) is 0 Å². The minimum atomic E-state index is -2.00. The molecule has 1 aromatic heterocycles. The number of methoxy groups -OCH3 is 2. The number of carbonyl (C=O) groups excluding carboxylic acids is 2. The molecule has 16 heteroatoms. The van der Waals surface area contributed by atoms with Crippen LogP contribution in [0.5, 0.6) is 0 Å². The van der Waals surface area contributed by atoms with Gasteiger partial charge in [0.25, 0.3) is 5.56 Å². The predicted octanol–water partition coefficient (Wildman–Crippen LogP) is 4.71. The van der Waals surface area contributed by atoms with Crippen LogP contribution in [-0.2, 0) is 42.7 Å². The third kappa shape index (κ3) is 12.7. The maximum Gasteiger partial charge on any atom is 0.311 e. The summed E-state index contributed by atoms with van der Waals surface area (Å²) >= 11 is 0. The number of esters is 1. The molecule has 3 fully saturated rings. The molecule has 4 heterocycles. The van der Waals surface area contributed by atoms with Crippen molar-refractivity contribution >= 4 is 11.8 Å². The Hall–Kier alpha value is -3.57. The van der Waals surface area contributed by atoms with Crippen LogP contribution in [0.4, 0.5) is 0 Å². The monoisotopic (exact) mass is 969 g/mol. The van der Waals surface area contributed by atoms with Gasteiger partial charge < -0.3 is 53.6 Å². The lowest BCUT2D eigenvalue weighted by Crippen LogP contribution is -2.61. The number of aliphatic hydroxyl groups is 4. The summed E-state index contributed by atoms with van der Waals surface area (Å²) in [5.41, 5.74) is -1.99. The van der Waals surface area contributed by atoms with Gasteiger partial charge in [0.1, 0.15) is 29.7 Å². The van der Waals surface area contributed by atoms with E-state index >= 15 is 0 Å². The molecule has 1 aromatic carbocycles. The number of cyclic esters (lactones) is 1. The largest absolute Gasteiger partial charge is 0.459 e. The molecule has 18 atom stereocenters. The first-order chi connectivity index (χ1) is 32.3. The van der Waals surface area contributed by atoms with Crippen molar-refractivity contribution in [3.05, 3.63) is 64.1 Å². The molecule has 69 heavy (non-hydrogen) atoms. The van der Waals surface area contributed by atoms with E-state index in [9.17, 15) is 34.8 Å². The minimum Gasteiger partial charge on any atom is -0.459 e. The number of aliphatic hydroxyl groups excluding tert-OH is 3. The Morgan fingerprint density at radius 2 is 1.51 bits per heavy atom. The molecule has 3 aliphatic heterocycles. The van der Waals surface area contributed by atoms with Gasteiger partial charge in [0.2, 0.25) is 0 Å². The van der Waals surface area contributed by atoms with Gasteiger partial charge in [0.15, 0.2) is 12.6 Å². The zero-order valence-electron chi connectivity index (χ0n) is 43.2. The highest BCUT2D eigenvalue weighted by atomic mass is 16.7. The lowest BCUT2D eigenvalue weighted by Gasteiger charge is -2.50. The molecule has 0 aliphatic carbocycles. The van der Waals surface area contributed by atoms with Gasteiger partial charge >= 0.3 is 5.97 Å². The summed E-state index contributed by atoms with van der Waals surface area (Å²) in [6, 6.07) is 10.4. The fourth-order valence-corrected chi connectivity index (χ4v) is 10.6. The molecule has 3 aliphatic rings. The maximum absolute atomic E-state index is 14.4. The van der Waals surface area contributed by atoms with Crippen molar-refractivity contribution in [1.29, 1.82) is 0 Å². The standard InChI is InChI=1S/C53H80N2O14/c1-15-40-53(11,62)46(59)33(5)43(57)31(3)27-52(10,64-14)48(34(6)45(35(7)49(61)67-40)68-42-28-51(9,63-13)47(60)36(8)66-42)69-50-44(58)39(26-32(4)65-50)54(12)25-17-16-18-37-20-22-38(23-21-37)55-29-30(2)19-24-41(55)56/h19-24,29,31-36,39-40,42,44-48,50,58-60,62H,15,17,25-28H2,1-14H3/t31-,32-,33+,34+,35-,36+,39+,40?,42?,44-,45-,46-,47+,48-,50?,51-,52+,53-/m1/s1. The predicted molar refractivity (Wildman–Crippen MR) is 258 cm³/mol. The average molecular weight is 969 g/mol. The number of pyridine rings is 1. The highest BCUT2D eigenvalue weighted by Gasteiger charge is 2.54. The number of ketones is 1. The Kier molecular flexibility index (Phi) is 19.0. The van der Waals surface area contributed by atoms with E-state index in [1.807, 2.05) is 57.0 Å². The normalized spacial score (nSPS) is 39.6. The van der Waals surface area contributed by atoms with Crippen molar-refractivity contribution in [3.63, 3.8) is 0 Å². The second-order valence-corrected chi connectivity index (χ2v) is 20.7. The first-order valence-electron chi connectivity index (χ1n) is 24.5. The molecule has 0 bridgehead atoms. The fourth-order valence-electron chi connectivity index (χ4n) is 10.6. The molecule has 3 saturated heterocycles. The van der Waals surface area contributed by atoms with Gasteiger partial charge in [-0.1, -0.05) is 45.6 Å². The van der Waals surface area contributed by atoms with Crippen LogP contribution in [0.1, 0.15) is 112 Å². The molecule has 0 radical (unpaired) electrons. The molecule has 5 rings (SSSR count). The Morgan fingerprint density at radius 1 is 0.855 bits per heavy atom. The highest BCUT2D eigenvalue weighted by Crippen LogP contribution is 2.42. The molecular formula is C53H80N2O14. The van der Waals surface area contributed by atoms with Gasteiger partial charge in [0, 0.05) is 80.9 Å². The molecule has 386 valence electrons. The van der Waals surface area contributed by atoms with Crippen LogP contribution in [0.15, 0.2) is 47.4 Å². The summed E-state index contributed by atoms with van der Waals surface area (Å²) in [4.78, 5) is 43.1. The SMILES string of the molecule is CCC1OC(=O)[C@H](C)[C@H](OC2C[C@@](C)(OC)[C@@H](O)[C@H](C)O2)[C@H](C)[C@@H](OC2O[C@H](C)C[C@H](N(C)CCC#Cc3ccc(-n4cc(C)ccc4=O)cc3)[C@H]2O)[C@@](C)(OC)C[C@@H](C)C(=O)[C@H](C)[C@@H](O)[C@]1(C)O. The molecule has 3 unspecified atom stereocenters. The molecular weight excluding hydrogens is 889 g/mol. The van der Waals surface area contributed by atoms with E-state index in [1.165, 1.54) is 21.1 Å². The van der Waals surface area contributed by atoms with Gasteiger partial charge in [-0.15, -0.1) is 0 Å². The van der Waals surface area contributed by atoms with Crippen LogP contribution in [-0.4, -0.2) is 154 Å². The summed E-state index contributed by atoms with van der Waals surface area (Å²) in [6.07, 6.45) is -7.27. The quantitative estimate of drug-likeness (QED) is 0.178. The summed E-state index contributed by atoms with van der Waals surface area (Å²) in [5, 5.41) is 46.6. The summed E-state index contributed by atoms with van der Waals surface area (Å²) < 4.78 is 46.3. The van der Waals surface area contributed by atoms with E-state index in [4.69, 9.17) is 33.2 Å². The van der Waals surface area contributed by atoms with Crippen LogP contribution in [0.3, 0.4) is 0 Å². The number of hydrogen-bond acceptors (Lipinski definition) is 15. The van der Waals surface area contributed by atoms with Gasteiger partial charge in [-0.25, -0.2) is 0 Å². The minimum absolute atomic E-state index is 0.0672. The van der Waals surface area contributed by atoms with Crippen molar-refractivity contribution in [3.8, 4) is 17.5 Å². The van der Waals surface area contributed by atoms with Gasteiger partial charge in [-0.2, -0.15) is 0 Å². The number of rotatable bonds is 11. The topological polar surface area (TPSA) is 205 Å². The Labute approximate surface area is 408 Å². The number of likely N-dealkylation sites (N-methyl/N-ethyl adjacent to an activating group) is 1. The summed E-state index contributed by atoms with van der Waals surface area (Å²) in [6.45, 7) is 19.5. The van der Waals surface area contributed by atoms with Crippen LogP contribution >= 0.6 is 0 Å². The number of aromatic nitrogens is 1. The molecule has 16 nitrogen and oxygen atoms in total. The van der Waals surface area contributed by atoms with Crippen molar-refractivity contribution in [1.82, 2.24) is 9.47 Å². The lowest BCUT2D eigenvalue weighted by atomic mass is 9.74. The Bertz CT molecular complexity index is 2150. The number of nitrogens with zero attached hydrogens (tertiary/aromatic N) is 2. The Balaban J connectivity index is 1.46. The van der Waals surface area contributed by atoms with Crippen molar-refractivity contribution in [2.45, 2.75) is 193 Å². The van der Waals surface area contributed by atoms with Crippen LogP contribution < -0.4 is 5.56 Å². The number of aryl methyl sites for hydroxylation is 1. The number of Topliss-reactive ketones (excluding diaryl/α,β-unsaturated/α-hetero) is 1. The fraction of sp³-hybridized carbons (Fsp3) is 0.717. The molecule has 2 aromatic rings. The number of ether oxygens (including phenoxy) is 7. The highest BCUT2D eigenvalue weighted by molar-refractivity contribution is 5.83. The molecule has 0 saturated carbocycles. The van der Waals surface area contributed by atoms with E-state index in [2.05, 4.69) is 11.8 Å². The second kappa shape index (κ2) is 23.3. The average Bonchev–Trinajstić information content (AvgIpc) is 3.32. The van der Waals surface area contributed by atoms with Gasteiger partial charge in [-0.3, -0.25) is 23.9 Å². The molecule has 4 N–H and O–H groups in total. The summed E-state index contributed by atoms with van der Waals surface area (Å²) in [5.74, 6) is 1.73. The smallest absolute Gasteiger partial charge is 0.311 e. The third-order valence-corrected chi connectivity index (χ3v) is 15.2. The first kappa shape index (κ1) is 56.3. The second-order valence-electron chi connectivity index (χ2n) is 20.7. The number of carbonyl (C=O) groups is 2. The van der Waals surface area contributed by atoms with E-state index < -0.39 is 108 Å². The van der Waals surface area contributed by atoms with E-state index in [1.54, 1.807) is 71.4 Å². The van der Waals surface area contributed by atoms with E-state index in [0.717, 1.165) is 16.8 Å².